The highest BCUT2D eigenvalue weighted by Crippen LogP contribution is 2.17. The molecule has 0 spiro atoms. The van der Waals surface area contributed by atoms with E-state index in [4.69, 9.17) is 0 Å². The van der Waals surface area contributed by atoms with Crippen LogP contribution in [-0.4, -0.2) is 22.1 Å². The van der Waals surface area contributed by atoms with Crippen LogP contribution >= 0.6 is 11.8 Å². The summed E-state index contributed by atoms with van der Waals surface area (Å²) in [6.07, 6.45) is 5.59. The molecule has 6 heteroatoms. The van der Waals surface area contributed by atoms with E-state index in [0.717, 1.165) is 5.56 Å². The largest absolute Gasteiger partial charge is 0.345 e. The minimum Gasteiger partial charge on any atom is -0.345 e. The van der Waals surface area contributed by atoms with Gasteiger partial charge in [0.2, 0.25) is 0 Å². The van der Waals surface area contributed by atoms with Crippen LogP contribution in [0.2, 0.25) is 0 Å². The molecule has 1 heterocycles. The number of halogens is 1. The first-order valence-electron chi connectivity index (χ1n) is 6.56. The second-order valence-electron chi connectivity index (χ2n) is 4.44. The third-order valence-electron chi connectivity index (χ3n) is 3.06. The van der Waals surface area contributed by atoms with Gasteiger partial charge in [0.25, 0.3) is 5.91 Å². The van der Waals surface area contributed by atoms with E-state index in [1.165, 1.54) is 36.3 Å². The Morgan fingerprint density at radius 3 is 2.43 bits per heavy atom. The van der Waals surface area contributed by atoms with E-state index in [2.05, 4.69) is 15.3 Å². The molecule has 1 amide bonds. The maximum atomic E-state index is 12.9. The van der Waals surface area contributed by atoms with Gasteiger partial charge in [0, 0.05) is 12.4 Å². The third kappa shape index (κ3) is 4.01. The molecule has 0 aliphatic heterocycles. The van der Waals surface area contributed by atoms with E-state index in [1.807, 2.05) is 13.2 Å². The average molecular weight is 305 g/mol. The van der Waals surface area contributed by atoms with Gasteiger partial charge >= 0.3 is 0 Å². The Kier molecular flexibility index (Phi) is 5.27. The van der Waals surface area contributed by atoms with E-state index < -0.39 is 0 Å². The lowest BCUT2D eigenvalue weighted by atomic mass is 10.0. The summed E-state index contributed by atoms with van der Waals surface area (Å²) in [5.74, 6) is -0.528. The maximum Gasteiger partial charge on any atom is 0.254 e. The van der Waals surface area contributed by atoms with Crippen LogP contribution in [0.5, 0.6) is 0 Å². The number of carbonyl (C=O) groups is 1. The molecule has 0 radical (unpaired) electrons. The summed E-state index contributed by atoms with van der Waals surface area (Å²) in [5.41, 5.74) is 1.28. The van der Waals surface area contributed by atoms with Gasteiger partial charge in [0.15, 0.2) is 5.16 Å². The minimum absolute atomic E-state index is 0.168. The highest BCUT2D eigenvalue weighted by atomic mass is 32.2. The first-order valence-corrected chi connectivity index (χ1v) is 7.79. The molecule has 110 valence electrons. The van der Waals surface area contributed by atoms with Gasteiger partial charge in [0.05, 0.1) is 11.6 Å². The van der Waals surface area contributed by atoms with Crippen molar-refractivity contribution in [1.29, 1.82) is 0 Å². The number of benzene rings is 1. The van der Waals surface area contributed by atoms with E-state index in [-0.39, 0.29) is 17.8 Å². The Bertz CT molecular complexity index is 601. The number of hydrogen-bond acceptors (Lipinski definition) is 4. The summed E-state index contributed by atoms with van der Waals surface area (Å²) < 4.78 is 12.9. The molecule has 1 N–H and O–H groups in total. The smallest absolute Gasteiger partial charge is 0.254 e. The van der Waals surface area contributed by atoms with E-state index in [1.54, 1.807) is 12.1 Å². The molecule has 0 saturated heterocycles. The Hall–Kier alpha value is -1.95. The summed E-state index contributed by atoms with van der Waals surface area (Å²) >= 11 is 1.42. The van der Waals surface area contributed by atoms with Crippen molar-refractivity contribution in [2.45, 2.75) is 24.5 Å². The van der Waals surface area contributed by atoms with Crippen LogP contribution in [0.15, 0.2) is 41.8 Å². The summed E-state index contributed by atoms with van der Waals surface area (Å²) in [6, 6.07) is 5.97. The Morgan fingerprint density at radius 2 is 1.90 bits per heavy atom. The lowest BCUT2D eigenvalue weighted by molar-refractivity contribution is 0.0934. The van der Waals surface area contributed by atoms with Crippen molar-refractivity contribution >= 4 is 17.7 Å². The Balaban J connectivity index is 2.10. The van der Waals surface area contributed by atoms with E-state index >= 15 is 0 Å². The highest BCUT2D eigenvalue weighted by molar-refractivity contribution is 7.98. The normalized spacial score (nSPS) is 12.0. The standard InChI is InChI=1S/C15H16FN3OS/c1-3-13(10-4-6-12(16)7-5-10)19-14(20)11-8-17-15(21-2)18-9-11/h4-9,13H,3H2,1-2H3,(H,19,20). The molecule has 2 aromatic rings. The molecule has 0 aliphatic carbocycles. The summed E-state index contributed by atoms with van der Waals surface area (Å²) in [6.45, 7) is 1.96. The fourth-order valence-electron chi connectivity index (χ4n) is 1.90. The second kappa shape index (κ2) is 7.17. The number of nitrogens with zero attached hydrogens (tertiary/aromatic N) is 2. The van der Waals surface area contributed by atoms with Crippen molar-refractivity contribution in [3.8, 4) is 0 Å². The van der Waals surface area contributed by atoms with Gasteiger partial charge in [-0.15, -0.1) is 0 Å². The van der Waals surface area contributed by atoms with Crippen molar-refractivity contribution in [1.82, 2.24) is 15.3 Å². The van der Waals surface area contributed by atoms with Crippen LogP contribution in [0.3, 0.4) is 0 Å². The van der Waals surface area contributed by atoms with E-state index in [9.17, 15) is 9.18 Å². The van der Waals surface area contributed by atoms with Gasteiger partial charge in [-0.2, -0.15) is 0 Å². The third-order valence-corrected chi connectivity index (χ3v) is 3.63. The fourth-order valence-corrected chi connectivity index (χ4v) is 2.21. The van der Waals surface area contributed by atoms with Gasteiger partial charge in [-0.05, 0) is 30.4 Å². The van der Waals surface area contributed by atoms with Crippen molar-refractivity contribution < 1.29 is 9.18 Å². The molecule has 0 aliphatic rings. The van der Waals surface area contributed by atoms with Crippen molar-refractivity contribution in [2.75, 3.05) is 6.26 Å². The number of nitrogens with one attached hydrogen (secondary N) is 1. The molecule has 0 fully saturated rings. The predicted molar refractivity (Wildman–Crippen MR) is 80.7 cm³/mol. The number of thioether (sulfide) groups is 1. The zero-order valence-electron chi connectivity index (χ0n) is 11.8. The molecule has 0 saturated carbocycles. The quantitative estimate of drug-likeness (QED) is 0.681. The van der Waals surface area contributed by atoms with E-state index in [0.29, 0.717) is 17.1 Å². The van der Waals surface area contributed by atoms with Crippen LogP contribution in [0.1, 0.15) is 35.3 Å². The lowest BCUT2D eigenvalue weighted by Gasteiger charge is -2.17. The Morgan fingerprint density at radius 1 is 1.29 bits per heavy atom. The van der Waals surface area contributed by atoms with Gasteiger partial charge in [-0.3, -0.25) is 4.79 Å². The van der Waals surface area contributed by atoms with Gasteiger partial charge in [-0.25, -0.2) is 14.4 Å². The average Bonchev–Trinajstić information content (AvgIpc) is 2.53. The number of hydrogen-bond donors (Lipinski definition) is 1. The predicted octanol–water partition coefficient (Wildman–Crippen LogP) is 3.22. The first-order chi connectivity index (χ1) is 10.1. The molecular weight excluding hydrogens is 289 g/mol. The molecular formula is C15H16FN3OS. The number of amides is 1. The molecule has 0 bridgehead atoms. The van der Waals surface area contributed by atoms with Gasteiger partial charge in [-0.1, -0.05) is 30.8 Å². The van der Waals surface area contributed by atoms with Crippen LogP contribution < -0.4 is 5.32 Å². The topological polar surface area (TPSA) is 54.9 Å². The number of rotatable bonds is 5. The first kappa shape index (κ1) is 15.4. The molecule has 1 aromatic carbocycles. The van der Waals surface area contributed by atoms with Crippen molar-refractivity contribution in [3.63, 3.8) is 0 Å². The van der Waals surface area contributed by atoms with Crippen molar-refractivity contribution in [3.05, 3.63) is 53.6 Å². The van der Waals surface area contributed by atoms with Gasteiger partial charge < -0.3 is 5.32 Å². The Labute approximate surface area is 127 Å². The van der Waals surface area contributed by atoms with Crippen LogP contribution in [0.25, 0.3) is 0 Å². The SMILES string of the molecule is CCC(NC(=O)c1cnc(SC)nc1)c1ccc(F)cc1. The number of carbonyl (C=O) groups excluding carboxylic acids is 1. The molecule has 21 heavy (non-hydrogen) atoms. The maximum absolute atomic E-state index is 12.9. The summed E-state index contributed by atoms with van der Waals surface area (Å²) in [4.78, 5) is 20.3. The minimum atomic E-state index is -0.291. The molecule has 1 aromatic heterocycles. The fraction of sp³-hybridized carbons (Fsp3) is 0.267. The monoisotopic (exact) mass is 305 g/mol. The molecule has 2 rings (SSSR count). The zero-order valence-corrected chi connectivity index (χ0v) is 12.7. The van der Waals surface area contributed by atoms with Crippen LogP contribution in [0.4, 0.5) is 4.39 Å². The summed E-state index contributed by atoms with van der Waals surface area (Å²) in [7, 11) is 0. The molecule has 1 atom stereocenters. The highest BCUT2D eigenvalue weighted by Gasteiger charge is 2.14. The second-order valence-corrected chi connectivity index (χ2v) is 5.22. The molecule has 1 unspecified atom stereocenters. The van der Waals surface area contributed by atoms with Gasteiger partial charge in [0.1, 0.15) is 5.82 Å². The molecule has 4 nitrogen and oxygen atoms in total. The van der Waals surface area contributed by atoms with Crippen molar-refractivity contribution in [2.24, 2.45) is 0 Å². The summed E-state index contributed by atoms with van der Waals surface area (Å²) in [5, 5.41) is 3.53. The number of aromatic nitrogens is 2. The van der Waals surface area contributed by atoms with Crippen LogP contribution in [-0.2, 0) is 0 Å². The zero-order chi connectivity index (χ0) is 15.2. The van der Waals surface area contributed by atoms with Crippen LogP contribution in [0, 0.1) is 5.82 Å². The lowest BCUT2D eigenvalue weighted by Crippen LogP contribution is -2.28.